The van der Waals surface area contributed by atoms with Gasteiger partial charge in [-0.05, 0) is 65.3 Å². The van der Waals surface area contributed by atoms with Crippen molar-refractivity contribution in [2.75, 3.05) is 11.1 Å². The molecule has 3 aromatic rings. The van der Waals surface area contributed by atoms with Crippen LogP contribution in [0, 0.1) is 0 Å². The number of rotatable bonds is 5. The third kappa shape index (κ3) is 7.20. The number of nitrogen functional groups attached to an aromatic ring is 1. The number of nitrogens with one attached hydrogen (secondary N) is 2. The Hall–Kier alpha value is -4.12. The van der Waals surface area contributed by atoms with Gasteiger partial charge in [-0.25, -0.2) is 19.1 Å². The van der Waals surface area contributed by atoms with Crippen LogP contribution in [0.3, 0.4) is 0 Å². The SMILES string of the molecule is CC(C)(C)OC(=O)NC(c1ccccc1)[C@@H](O)C(=O)Nc1ccc2nc(N)n(C(=O)OC(C)(C)C)c2c1. The van der Waals surface area contributed by atoms with E-state index in [4.69, 9.17) is 15.2 Å². The maximum absolute atomic E-state index is 13.0. The summed E-state index contributed by atoms with van der Waals surface area (Å²) in [6, 6.07) is 12.1. The first-order valence-electron chi connectivity index (χ1n) is 11.7. The molecular weight excluding hydrogens is 478 g/mol. The smallest absolute Gasteiger partial charge is 0.421 e. The number of anilines is 2. The first kappa shape index (κ1) is 27.5. The van der Waals surface area contributed by atoms with Crippen molar-refractivity contribution in [1.29, 1.82) is 0 Å². The molecule has 0 radical (unpaired) electrons. The van der Waals surface area contributed by atoms with Crippen LogP contribution < -0.4 is 16.4 Å². The maximum atomic E-state index is 13.0. The highest BCUT2D eigenvalue weighted by Gasteiger charge is 2.31. The molecule has 2 aromatic carbocycles. The number of ether oxygens (including phenoxy) is 2. The zero-order valence-corrected chi connectivity index (χ0v) is 21.7. The minimum Gasteiger partial charge on any atom is -0.444 e. The predicted molar refractivity (Wildman–Crippen MR) is 139 cm³/mol. The first-order valence-corrected chi connectivity index (χ1v) is 11.7. The van der Waals surface area contributed by atoms with Crippen molar-refractivity contribution >= 4 is 40.8 Å². The number of fused-ring (bicyclic) bond motifs is 1. The molecule has 0 bridgehead atoms. The molecule has 1 aromatic heterocycles. The molecule has 3 rings (SSSR count). The highest BCUT2D eigenvalue weighted by Crippen LogP contribution is 2.25. The summed E-state index contributed by atoms with van der Waals surface area (Å²) in [6.45, 7) is 10.3. The lowest BCUT2D eigenvalue weighted by Crippen LogP contribution is -2.44. The Kier molecular flexibility index (Phi) is 7.77. The van der Waals surface area contributed by atoms with Gasteiger partial charge in [0.1, 0.15) is 11.2 Å². The number of aromatic nitrogens is 2. The zero-order chi connectivity index (χ0) is 27.5. The van der Waals surface area contributed by atoms with Gasteiger partial charge in [0.2, 0.25) is 5.95 Å². The molecule has 0 spiro atoms. The summed E-state index contributed by atoms with van der Waals surface area (Å²) in [7, 11) is 0. The van der Waals surface area contributed by atoms with Gasteiger partial charge < -0.3 is 30.9 Å². The fourth-order valence-corrected chi connectivity index (χ4v) is 3.48. The number of aliphatic hydroxyl groups is 1. The molecule has 0 aliphatic carbocycles. The Morgan fingerprint density at radius 1 is 0.973 bits per heavy atom. The highest BCUT2D eigenvalue weighted by atomic mass is 16.6. The lowest BCUT2D eigenvalue weighted by Gasteiger charge is -2.26. The van der Waals surface area contributed by atoms with Crippen molar-refractivity contribution in [1.82, 2.24) is 14.9 Å². The van der Waals surface area contributed by atoms with E-state index in [1.165, 1.54) is 6.07 Å². The van der Waals surface area contributed by atoms with Crippen LogP contribution in [0.2, 0.25) is 0 Å². The summed E-state index contributed by atoms with van der Waals surface area (Å²) in [5.74, 6) is -0.862. The van der Waals surface area contributed by atoms with E-state index >= 15 is 0 Å². The number of carbonyl (C=O) groups excluding carboxylic acids is 3. The van der Waals surface area contributed by atoms with Crippen LogP contribution in [0.25, 0.3) is 11.0 Å². The van der Waals surface area contributed by atoms with Crippen molar-refractivity contribution in [2.24, 2.45) is 0 Å². The Morgan fingerprint density at radius 2 is 1.59 bits per heavy atom. The van der Waals surface area contributed by atoms with E-state index in [1.54, 1.807) is 84.0 Å². The van der Waals surface area contributed by atoms with Crippen LogP contribution >= 0.6 is 0 Å². The molecule has 0 fully saturated rings. The van der Waals surface area contributed by atoms with Crippen LogP contribution in [0.1, 0.15) is 53.1 Å². The summed E-state index contributed by atoms with van der Waals surface area (Å²) in [5, 5.41) is 16.1. The fraction of sp³-hybridized carbons (Fsp3) is 0.385. The molecule has 0 aliphatic heterocycles. The molecule has 11 nitrogen and oxygen atoms in total. The fourth-order valence-electron chi connectivity index (χ4n) is 3.48. The standard InChI is InChI=1S/C26H33N5O6/c1-25(2,3)36-23(34)30-19(15-10-8-7-9-11-15)20(32)21(33)28-16-12-13-17-18(14-16)31(22(27)29-17)24(35)37-26(4,5)6/h7-14,19-20,32H,1-6H3,(H2,27,29)(H,28,33)(H,30,34)/t19?,20-/m1/s1. The summed E-state index contributed by atoms with van der Waals surface area (Å²) in [4.78, 5) is 42.3. The van der Waals surface area contributed by atoms with E-state index in [0.29, 0.717) is 16.6 Å². The van der Waals surface area contributed by atoms with Crippen LogP contribution in [0.5, 0.6) is 0 Å². The van der Waals surface area contributed by atoms with E-state index in [2.05, 4.69) is 15.6 Å². The molecule has 37 heavy (non-hydrogen) atoms. The lowest BCUT2D eigenvalue weighted by molar-refractivity contribution is -0.125. The van der Waals surface area contributed by atoms with Crippen molar-refractivity contribution < 1.29 is 29.0 Å². The Morgan fingerprint density at radius 3 is 2.19 bits per heavy atom. The average molecular weight is 512 g/mol. The van der Waals surface area contributed by atoms with Crippen LogP contribution in [-0.4, -0.2) is 50.1 Å². The molecule has 0 saturated heterocycles. The number of carbonyl (C=O) groups is 3. The van der Waals surface area contributed by atoms with Crippen LogP contribution in [0.15, 0.2) is 48.5 Å². The number of imidazole rings is 1. The number of hydrogen-bond acceptors (Lipinski definition) is 8. The maximum Gasteiger partial charge on any atom is 0.421 e. The molecule has 2 atom stereocenters. The lowest BCUT2D eigenvalue weighted by atomic mass is 10.0. The molecule has 2 amide bonds. The normalized spacial score (nSPS) is 13.5. The molecule has 1 heterocycles. The topological polar surface area (TPSA) is 158 Å². The molecule has 0 saturated carbocycles. The largest absolute Gasteiger partial charge is 0.444 e. The second-order valence-corrected chi connectivity index (χ2v) is 10.5. The van der Waals surface area contributed by atoms with Gasteiger partial charge in [-0.1, -0.05) is 30.3 Å². The highest BCUT2D eigenvalue weighted by molar-refractivity contribution is 5.98. The summed E-state index contributed by atoms with van der Waals surface area (Å²) in [5.41, 5.74) is 5.90. The molecular formula is C26H33N5O6. The van der Waals surface area contributed by atoms with E-state index in [-0.39, 0.29) is 11.6 Å². The van der Waals surface area contributed by atoms with Gasteiger partial charge in [-0.3, -0.25) is 4.79 Å². The second kappa shape index (κ2) is 10.5. The van der Waals surface area contributed by atoms with Gasteiger partial charge in [-0.2, -0.15) is 0 Å². The summed E-state index contributed by atoms with van der Waals surface area (Å²) >= 11 is 0. The van der Waals surface area contributed by atoms with Crippen molar-refractivity contribution in [3.05, 3.63) is 54.1 Å². The molecule has 5 N–H and O–H groups in total. The Balaban J connectivity index is 1.86. The molecule has 0 aliphatic rings. The predicted octanol–water partition coefficient (Wildman–Crippen LogP) is 3.97. The van der Waals surface area contributed by atoms with E-state index in [1.807, 2.05) is 0 Å². The van der Waals surface area contributed by atoms with Gasteiger partial charge in [0.05, 0.1) is 17.1 Å². The van der Waals surface area contributed by atoms with Gasteiger partial charge in [0, 0.05) is 5.69 Å². The number of aliphatic hydroxyl groups excluding tert-OH is 1. The monoisotopic (exact) mass is 511 g/mol. The van der Waals surface area contributed by atoms with E-state index in [9.17, 15) is 19.5 Å². The number of nitrogens with zero attached hydrogens (tertiary/aromatic N) is 2. The molecule has 11 heteroatoms. The summed E-state index contributed by atoms with van der Waals surface area (Å²) < 4.78 is 11.8. The minimum absolute atomic E-state index is 0.0709. The first-order chi connectivity index (χ1) is 17.1. The van der Waals surface area contributed by atoms with Gasteiger partial charge >= 0.3 is 12.2 Å². The number of benzene rings is 2. The zero-order valence-electron chi connectivity index (χ0n) is 21.7. The van der Waals surface area contributed by atoms with Crippen molar-refractivity contribution in [2.45, 2.75) is 64.9 Å². The average Bonchev–Trinajstić information content (AvgIpc) is 3.10. The number of amides is 2. The number of alkyl carbamates (subject to hydrolysis) is 1. The van der Waals surface area contributed by atoms with Gasteiger partial charge in [0.25, 0.3) is 5.91 Å². The third-order valence-corrected chi connectivity index (χ3v) is 4.94. The van der Waals surface area contributed by atoms with E-state index < -0.39 is 41.4 Å². The Labute approximate surface area is 214 Å². The number of hydrogen-bond donors (Lipinski definition) is 4. The van der Waals surface area contributed by atoms with Gasteiger partial charge in [0.15, 0.2) is 6.10 Å². The number of nitrogens with two attached hydrogens (primary N) is 1. The minimum atomic E-state index is -1.67. The summed E-state index contributed by atoms with van der Waals surface area (Å²) in [6.07, 6.45) is -3.18. The van der Waals surface area contributed by atoms with Crippen molar-refractivity contribution in [3.63, 3.8) is 0 Å². The van der Waals surface area contributed by atoms with Crippen LogP contribution in [0.4, 0.5) is 21.2 Å². The second-order valence-electron chi connectivity index (χ2n) is 10.5. The van der Waals surface area contributed by atoms with Crippen LogP contribution in [-0.2, 0) is 14.3 Å². The van der Waals surface area contributed by atoms with Gasteiger partial charge in [-0.15, -0.1) is 0 Å². The third-order valence-electron chi connectivity index (χ3n) is 4.94. The molecule has 198 valence electrons. The van der Waals surface area contributed by atoms with Crippen molar-refractivity contribution in [3.8, 4) is 0 Å². The quantitative estimate of drug-likeness (QED) is 0.401. The molecule has 1 unspecified atom stereocenters. The van der Waals surface area contributed by atoms with E-state index in [0.717, 1.165) is 4.57 Å². The Bertz CT molecular complexity index is 1290.